The van der Waals surface area contributed by atoms with E-state index in [1.807, 2.05) is 0 Å². The van der Waals surface area contributed by atoms with Crippen LogP contribution in [-0.2, 0) is 33.3 Å². The fraction of sp³-hybridized carbons (Fsp3) is 0.909. The Morgan fingerprint density at radius 3 is 2.05 bits per heavy atom. The normalized spacial score (nSPS) is 52.8. The van der Waals surface area contributed by atoms with Gasteiger partial charge in [0.25, 0.3) is 0 Å². The molecule has 4 saturated carbocycles. The zero-order valence-electron chi connectivity index (χ0n) is 36.1. The van der Waals surface area contributed by atoms with Gasteiger partial charge in [-0.25, -0.2) is 4.79 Å². The van der Waals surface area contributed by atoms with Crippen LogP contribution in [0.25, 0.3) is 0 Å². The summed E-state index contributed by atoms with van der Waals surface area (Å²) in [5.41, 5.74) is -1.56. The van der Waals surface area contributed by atoms with Crippen LogP contribution in [0.1, 0.15) is 114 Å². The molecule has 0 bridgehead atoms. The molecule has 336 valence electrons. The van der Waals surface area contributed by atoms with Gasteiger partial charge < -0.3 is 64.5 Å². The molecule has 6 fully saturated rings. The van der Waals surface area contributed by atoms with Crippen molar-refractivity contribution in [3.63, 3.8) is 0 Å². The van der Waals surface area contributed by atoms with Crippen LogP contribution in [0.15, 0.2) is 11.6 Å². The average Bonchev–Trinajstić information content (AvgIpc) is 3.13. The number of ether oxygens (including phenoxy) is 5. The summed E-state index contributed by atoms with van der Waals surface area (Å²) in [7, 11) is 0. The highest BCUT2D eigenvalue weighted by molar-refractivity contribution is 5.73. The number of esters is 1. The minimum Gasteiger partial charge on any atom is -0.479 e. The van der Waals surface area contributed by atoms with E-state index in [9.17, 15) is 50.4 Å². The number of rotatable bonds is 7. The number of carboxylic acids is 1. The highest BCUT2D eigenvalue weighted by atomic mass is 16.7. The largest absolute Gasteiger partial charge is 0.479 e. The molecule has 8 N–H and O–H groups in total. The Morgan fingerprint density at radius 1 is 0.763 bits per heavy atom. The van der Waals surface area contributed by atoms with Crippen molar-refractivity contribution in [3.05, 3.63) is 11.6 Å². The van der Waals surface area contributed by atoms with Crippen molar-refractivity contribution >= 4 is 11.9 Å². The van der Waals surface area contributed by atoms with Gasteiger partial charge in [0.15, 0.2) is 18.7 Å². The van der Waals surface area contributed by atoms with Crippen LogP contribution >= 0.6 is 0 Å². The quantitative estimate of drug-likeness (QED) is 0.104. The van der Waals surface area contributed by atoms with Gasteiger partial charge in [0.2, 0.25) is 0 Å². The highest BCUT2D eigenvalue weighted by Gasteiger charge is 2.72. The molecule has 2 heterocycles. The minimum atomic E-state index is -1.81. The van der Waals surface area contributed by atoms with Crippen LogP contribution in [0.2, 0.25) is 0 Å². The molecule has 0 amide bonds. The molecule has 5 aliphatic carbocycles. The van der Waals surface area contributed by atoms with E-state index in [4.69, 9.17) is 23.7 Å². The summed E-state index contributed by atoms with van der Waals surface area (Å²) < 4.78 is 30.5. The van der Waals surface area contributed by atoms with Crippen LogP contribution in [0.3, 0.4) is 0 Å². The van der Waals surface area contributed by atoms with E-state index in [0.29, 0.717) is 25.7 Å². The number of hydrogen-bond donors (Lipinski definition) is 8. The van der Waals surface area contributed by atoms with E-state index in [1.165, 1.54) is 12.5 Å². The van der Waals surface area contributed by atoms with E-state index in [1.54, 1.807) is 6.92 Å². The predicted molar refractivity (Wildman–Crippen MR) is 209 cm³/mol. The van der Waals surface area contributed by atoms with Crippen molar-refractivity contribution in [2.24, 2.45) is 50.2 Å². The van der Waals surface area contributed by atoms with Crippen molar-refractivity contribution in [3.8, 4) is 0 Å². The molecule has 0 aromatic carbocycles. The number of carboxylic acid groups (broad SMARTS) is 1. The lowest BCUT2D eigenvalue weighted by Gasteiger charge is -2.72. The van der Waals surface area contributed by atoms with Crippen molar-refractivity contribution < 1.29 is 74.1 Å². The second-order valence-electron chi connectivity index (χ2n) is 21.6. The molecule has 0 aromatic rings. The van der Waals surface area contributed by atoms with Gasteiger partial charge in [0.05, 0.1) is 30.3 Å². The van der Waals surface area contributed by atoms with E-state index < -0.39 is 108 Å². The standard InChI is InChI=1S/C44H70O15/c1-20-29(47)30(48)33(51)37(56-20)55-19-44-23(16-39(3,4)17-26(44)46)22-10-11-25-41(7)14-13-27(58-38-34(52)31(49)32(50)35(59-38)36(53)54)40(5,6)24(41)12-15-42(25,8)43(22,9)18-28(44)57-21(2)45/h10,20,23-35,37-38,46-52H,11-19H2,1-9H3,(H,53,54)/t20-,23-,24-,25+,26-,27-,28-,29-,30+,31-,32-,33+,34+,35-,37+,38+,41-,42+,43+,44+/m0/s1. The lowest BCUT2D eigenvalue weighted by atomic mass is 9.33. The molecule has 2 saturated heterocycles. The first-order valence-corrected chi connectivity index (χ1v) is 21.7. The zero-order valence-corrected chi connectivity index (χ0v) is 36.1. The van der Waals surface area contributed by atoms with Gasteiger partial charge in [-0.3, -0.25) is 4.79 Å². The third kappa shape index (κ3) is 6.87. The Bertz CT molecular complexity index is 1650. The summed E-state index contributed by atoms with van der Waals surface area (Å²) in [6, 6.07) is 0. The summed E-state index contributed by atoms with van der Waals surface area (Å²) in [6.07, 6.45) is -9.25. The van der Waals surface area contributed by atoms with Gasteiger partial charge in [-0.1, -0.05) is 60.1 Å². The SMILES string of the molecule is CC(=O)O[C@H]1C[C@]2(C)C(=CC[C@@H]3[C@@]4(C)CC[C@H](O[C@@H]5O[C@H](C(=O)O)[C@@H](O)[C@H](O)[C@H]5O)C(C)(C)[C@@H]4CC[C@]32C)[C@@H]2CC(C)(C)C[C@H](O)[C@]12CO[C@@H]1O[C@@H](C)[C@H](O)[C@@H](O)[C@H]1O. The van der Waals surface area contributed by atoms with Crippen LogP contribution in [0, 0.1) is 50.2 Å². The predicted octanol–water partition coefficient (Wildman–Crippen LogP) is 2.42. The van der Waals surface area contributed by atoms with Crippen LogP contribution in [0.5, 0.6) is 0 Å². The van der Waals surface area contributed by atoms with E-state index in [2.05, 4.69) is 54.5 Å². The Balaban J connectivity index is 1.22. The number of hydrogen-bond acceptors (Lipinski definition) is 14. The number of carbonyl (C=O) groups is 2. The molecule has 0 unspecified atom stereocenters. The molecule has 0 radical (unpaired) electrons. The third-order valence-corrected chi connectivity index (χ3v) is 17.5. The fourth-order valence-electron chi connectivity index (χ4n) is 14.2. The zero-order chi connectivity index (χ0) is 43.6. The van der Waals surface area contributed by atoms with Gasteiger partial charge in [-0.05, 0) is 103 Å². The van der Waals surface area contributed by atoms with Crippen molar-refractivity contribution in [2.75, 3.05) is 6.61 Å². The van der Waals surface area contributed by atoms with Crippen molar-refractivity contribution in [2.45, 2.75) is 193 Å². The van der Waals surface area contributed by atoms with Gasteiger partial charge in [-0.15, -0.1) is 0 Å². The molecule has 15 nitrogen and oxygen atoms in total. The lowest BCUT2D eigenvalue weighted by Crippen LogP contribution is -2.70. The number of aliphatic carboxylic acids is 1. The Hall–Kier alpha value is -1.76. The summed E-state index contributed by atoms with van der Waals surface area (Å²) in [6.45, 7) is 18.5. The molecule has 7 rings (SSSR count). The minimum absolute atomic E-state index is 0.115. The van der Waals surface area contributed by atoms with E-state index in [0.717, 1.165) is 25.7 Å². The fourth-order valence-corrected chi connectivity index (χ4v) is 14.2. The summed E-state index contributed by atoms with van der Waals surface area (Å²) in [5, 5.41) is 85.5. The smallest absolute Gasteiger partial charge is 0.335 e. The van der Waals surface area contributed by atoms with Crippen LogP contribution < -0.4 is 0 Å². The maximum absolute atomic E-state index is 13.1. The summed E-state index contributed by atoms with van der Waals surface area (Å²) in [5.74, 6) is -1.87. The second-order valence-corrected chi connectivity index (χ2v) is 21.6. The first kappa shape index (κ1) is 45.3. The molecule has 0 spiro atoms. The summed E-state index contributed by atoms with van der Waals surface area (Å²) >= 11 is 0. The molecule has 7 aliphatic rings. The van der Waals surface area contributed by atoms with Gasteiger partial charge in [-0.2, -0.15) is 0 Å². The maximum atomic E-state index is 13.1. The molecular formula is C44H70O15. The number of carbonyl (C=O) groups excluding carboxylic acids is 1. The highest BCUT2D eigenvalue weighted by Crippen LogP contribution is 2.76. The number of fused-ring (bicyclic) bond motifs is 7. The van der Waals surface area contributed by atoms with E-state index in [-0.39, 0.29) is 40.6 Å². The van der Waals surface area contributed by atoms with Crippen molar-refractivity contribution in [1.82, 2.24) is 0 Å². The Kier molecular flexibility index (Phi) is 11.7. The van der Waals surface area contributed by atoms with Crippen LogP contribution in [0.4, 0.5) is 0 Å². The average molecular weight is 839 g/mol. The van der Waals surface area contributed by atoms with E-state index >= 15 is 0 Å². The maximum Gasteiger partial charge on any atom is 0.335 e. The number of allylic oxidation sites excluding steroid dienone is 2. The van der Waals surface area contributed by atoms with Crippen molar-refractivity contribution in [1.29, 1.82) is 0 Å². The first-order chi connectivity index (χ1) is 27.3. The molecule has 0 aromatic heterocycles. The molecular weight excluding hydrogens is 768 g/mol. The van der Waals surface area contributed by atoms with Crippen LogP contribution in [-0.4, -0.2) is 139 Å². The lowest BCUT2D eigenvalue weighted by molar-refractivity contribution is -0.325. The molecule has 2 aliphatic heterocycles. The van der Waals surface area contributed by atoms with Gasteiger partial charge >= 0.3 is 11.9 Å². The second kappa shape index (κ2) is 15.2. The number of aliphatic hydroxyl groups excluding tert-OH is 7. The topological polar surface area (TPSA) is 242 Å². The van der Waals surface area contributed by atoms with Gasteiger partial charge in [0, 0.05) is 6.92 Å². The number of aliphatic hydroxyl groups is 7. The van der Waals surface area contributed by atoms with Gasteiger partial charge in [0.1, 0.15) is 42.7 Å². The summed E-state index contributed by atoms with van der Waals surface area (Å²) in [4.78, 5) is 24.9. The molecule has 15 heteroatoms. The molecule has 59 heavy (non-hydrogen) atoms. The first-order valence-electron chi connectivity index (χ1n) is 21.7. The Labute approximate surface area is 347 Å². The monoisotopic (exact) mass is 838 g/mol. The molecule has 20 atom stereocenters. The Morgan fingerprint density at radius 2 is 1.41 bits per heavy atom. The third-order valence-electron chi connectivity index (χ3n) is 17.5.